The quantitative estimate of drug-likeness (QED) is 0.856. The smallest absolute Gasteiger partial charge is 0.161 e. The second kappa shape index (κ2) is 6.29. The summed E-state index contributed by atoms with van der Waals surface area (Å²) in [5.74, 6) is 1.72. The lowest BCUT2D eigenvalue weighted by atomic mass is 9.73. The van der Waals surface area contributed by atoms with Crippen molar-refractivity contribution in [3.8, 4) is 11.5 Å². The van der Waals surface area contributed by atoms with Crippen LogP contribution >= 0.6 is 0 Å². The molecule has 0 amide bonds. The third-order valence-corrected chi connectivity index (χ3v) is 4.00. The van der Waals surface area contributed by atoms with E-state index in [1.807, 2.05) is 6.07 Å². The van der Waals surface area contributed by atoms with Crippen molar-refractivity contribution < 1.29 is 9.47 Å². The van der Waals surface area contributed by atoms with Crippen LogP contribution in [-0.2, 0) is 5.41 Å². The minimum Gasteiger partial charge on any atom is -0.486 e. The zero-order valence-corrected chi connectivity index (χ0v) is 12.1. The first kappa shape index (κ1) is 14.2. The van der Waals surface area contributed by atoms with Gasteiger partial charge in [-0.3, -0.25) is 0 Å². The lowest BCUT2D eigenvalue weighted by Gasteiger charge is -2.34. The molecule has 0 radical (unpaired) electrons. The Bertz CT molecular complexity index is 411. The van der Waals surface area contributed by atoms with Gasteiger partial charge in [0.05, 0.1) is 0 Å². The van der Waals surface area contributed by atoms with Crippen LogP contribution in [0, 0.1) is 0 Å². The zero-order valence-electron chi connectivity index (χ0n) is 12.1. The van der Waals surface area contributed by atoms with Crippen LogP contribution in [0.25, 0.3) is 0 Å². The summed E-state index contributed by atoms with van der Waals surface area (Å²) in [4.78, 5) is 0. The van der Waals surface area contributed by atoms with E-state index >= 15 is 0 Å². The Morgan fingerprint density at radius 2 is 1.68 bits per heavy atom. The van der Waals surface area contributed by atoms with Gasteiger partial charge in [0, 0.05) is 12.0 Å². The molecule has 0 aliphatic carbocycles. The summed E-state index contributed by atoms with van der Waals surface area (Å²) in [5.41, 5.74) is 7.49. The number of nitrogens with two attached hydrogens (primary N) is 1. The number of rotatable bonds is 6. The molecule has 0 saturated heterocycles. The minimum absolute atomic E-state index is 0.0827. The summed E-state index contributed by atoms with van der Waals surface area (Å²) in [6.07, 6.45) is 4.53. The lowest BCUT2D eigenvalue weighted by molar-refractivity contribution is 0.171. The van der Waals surface area contributed by atoms with Crippen LogP contribution in [0.2, 0.25) is 0 Å². The molecule has 1 heterocycles. The highest BCUT2D eigenvalue weighted by Crippen LogP contribution is 2.39. The molecular formula is C16H25NO2. The van der Waals surface area contributed by atoms with Gasteiger partial charge in [0.15, 0.2) is 11.5 Å². The van der Waals surface area contributed by atoms with Crippen LogP contribution in [-0.4, -0.2) is 19.8 Å². The van der Waals surface area contributed by atoms with E-state index in [1.54, 1.807) is 0 Å². The molecule has 19 heavy (non-hydrogen) atoms. The molecular weight excluding hydrogens is 238 g/mol. The molecule has 1 aliphatic heterocycles. The van der Waals surface area contributed by atoms with Gasteiger partial charge in [0.25, 0.3) is 0 Å². The third-order valence-electron chi connectivity index (χ3n) is 4.00. The standard InChI is InChI=1S/C16H25NO2/c1-3-7-16(12-17,8-4-2)13-5-6-14-15(11-13)19-10-9-18-14/h5-6,11H,3-4,7-10,12,17H2,1-2H3. The highest BCUT2D eigenvalue weighted by molar-refractivity contribution is 5.46. The molecule has 0 aromatic heterocycles. The lowest BCUT2D eigenvalue weighted by Crippen LogP contribution is -2.35. The summed E-state index contributed by atoms with van der Waals surface area (Å²) in [7, 11) is 0. The predicted molar refractivity (Wildman–Crippen MR) is 78.0 cm³/mol. The van der Waals surface area contributed by atoms with E-state index in [4.69, 9.17) is 15.2 Å². The monoisotopic (exact) mass is 263 g/mol. The van der Waals surface area contributed by atoms with Gasteiger partial charge in [0.1, 0.15) is 13.2 Å². The fraction of sp³-hybridized carbons (Fsp3) is 0.625. The molecule has 0 spiro atoms. The normalized spacial score (nSPS) is 14.5. The van der Waals surface area contributed by atoms with Crippen molar-refractivity contribution in [2.45, 2.75) is 44.9 Å². The van der Waals surface area contributed by atoms with Crippen molar-refractivity contribution >= 4 is 0 Å². The molecule has 0 atom stereocenters. The van der Waals surface area contributed by atoms with Gasteiger partial charge in [-0.25, -0.2) is 0 Å². The van der Waals surface area contributed by atoms with Crippen LogP contribution in [0.1, 0.15) is 45.1 Å². The summed E-state index contributed by atoms with van der Waals surface area (Å²) >= 11 is 0. The maximum absolute atomic E-state index is 6.12. The molecule has 0 unspecified atom stereocenters. The van der Waals surface area contributed by atoms with Crippen molar-refractivity contribution in [3.63, 3.8) is 0 Å². The second-order valence-electron chi connectivity index (χ2n) is 5.34. The van der Waals surface area contributed by atoms with Crippen molar-refractivity contribution in [1.82, 2.24) is 0 Å². The molecule has 0 bridgehead atoms. The van der Waals surface area contributed by atoms with Crippen molar-refractivity contribution in [2.75, 3.05) is 19.8 Å². The molecule has 0 saturated carbocycles. The Hall–Kier alpha value is -1.22. The average molecular weight is 263 g/mol. The number of fused-ring (bicyclic) bond motifs is 1. The maximum atomic E-state index is 6.12. The number of hydrogen-bond donors (Lipinski definition) is 1. The Morgan fingerprint density at radius 1 is 1.05 bits per heavy atom. The highest BCUT2D eigenvalue weighted by atomic mass is 16.6. The topological polar surface area (TPSA) is 44.5 Å². The second-order valence-corrected chi connectivity index (χ2v) is 5.34. The molecule has 2 N–H and O–H groups in total. The van der Waals surface area contributed by atoms with Crippen molar-refractivity contribution in [1.29, 1.82) is 0 Å². The van der Waals surface area contributed by atoms with Gasteiger partial charge in [0.2, 0.25) is 0 Å². The van der Waals surface area contributed by atoms with Crippen LogP contribution in [0.3, 0.4) is 0 Å². The van der Waals surface area contributed by atoms with E-state index in [0.29, 0.717) is 19.8 Å². The first-order valence-electron chi connectivity index (χ1n) is 7.36. The summed E-state index contributed by atoms with van der Waals surface area (Å²) < 4.78 is 11.3. The van der Waals surface area contributed by atoms with Gasteiger partial charge in [-0.1, -0.05) is 32.8 Å². The Morgan fingerprint density at radius 3 is 2.26 bits per heavy atom. The van der Waals surface area contributed by atoms with Gasteiger partial charge in [-0.2, -0.15) is 0 Å². The fourth-order valence-corrected chi connectivity index (χ4v) is 3.07. The first-order chi connectivity index (χ1) is 9.25. The van der Waals surface area contributed by atoms with Crippen LogP contribution < -0.4 is 15.2 Å². The van der Waals surface area contributed by atoms with E-state index in [-0.39, 0.29) is 5.41 Å². The number of hydrogen-bond acceptors (Lipinski definition) is 3. The molecule has 1 aliphatic rings. The molecule has 0 fully saturated rings. The largest absolute Gasteiger partial charge is 0.486 e. The minimum atomic E-state index is 0.0827. The molecule has 3 heteroatoms. The summed E-state index contributed by atoms with van der Waals surface area (Å²) in [6.45, 7) is 6.40. The molecule has 1 aromatic carbocycles. The summed E-state index contributed by atoms with van der Waals surface area (Å²) in [6, 6.07) is 6.32. The Labute approximate surface area is 116 Å². The Kier molecular flexibility index (Phi) is 4.70. The summed E-state index contributed by atoms with van der Waals surface area (Å²) in [5, 5.41) is 0. The van der Waals surface area contributed by atoms with Crippen LogP contribution in [0.15, 0.2) is 18.2 Å². The molecule has 3 nitrogen and oxygen atoms in total. The fourth-order valence-electron chi connectivity index (χ4n) is 3.07. The van der Waals surface area contributed by atoms with Gasteiger partial charge in [-0.15, -0.1) is 0 Å². The maximum Gasteiger partial charge on any atom is 0.161 e. The average Bonchev–Trinajstić information content (AvgIpc) is 2.46. The first-order valence-corrected chi connectivity index (χ1v) is 7.36. The Balaban J connectivity index is 2.35. The van der Waals surface area contributed by atoms with E-state index in [2.05, 4.69) is 26.0 Å². The molecule has 1 aromatic rings. The third kappa shape index (κ3) is 2.86. The number of benzene rings is 1. The van der Waals surface area contributed by atoms with Gasteiger partial charge in [-0.05, 0) is 30.5 Å². The predicted octanol–water partition coefficient (Wildman–Crippen LogP) is 3.25. The SMILES string of the molecule is CCCC(CN)(CCC)c1ccc2c(c1)OCCO2. The number of ether oxygens (including phenoxy) is 2. The van der Waals surface area contributed by atoms with E-state index < -0.39 is 0 Å². The molecule has 2 rings (SSSR count). The van der Waals surface area contributed by atoms with Crippen LogP contribution in [0.5, 0.6) is 11.5 Å². The van der Waals surface area contributed by atoms with Crippen molar-refractivity contribution in [3.05, 3.63) is 23.8 Å². The van der Waals surface area contributed by atoms with E-state index in [1.165, 1.54) is 5.56 Å². The van der Waals surface area contributed by atoms with Crippen LogP contribution in [0.4, 0.5) is 0 Å². The molecule has 106 valence electrons. The van der Waals surface area contributed by atoms with E-state index in [9.17, 15) is 0 Å². The van der Waals surface area contributed by atoms with Crippen molar-refractivity contribution in [2.24, 2.45) is 5.73 Å². The highest BCUT2D eigenvalue weighted by Gasteiger charge is 2.30. The zero-order chi connectivity index (χ0) is 13.7. The van der Waals surface area contributed by atoms with Gasteiger partial charge >= 0.3 is 0 Å². The van der Waals surface area contributed by atoms with E-state index in [0.717, 1.165) is 37.2 Å². The van der Waals surface area contributed by atoms with Gasteiger partial charge < -0.3 is 15.2 Å².